The minimum atomic E-state index is -1.27. The molecule has 1 aromatic carbocycles. The van der Waals surface area contributed by atoms with Crippen molar-refractivity contribution in [1.29, 1.82) is 0 Å². The molecule has 0 atom stereocenters. The average molecular weight is 318 g/mol. The number of amides is 1. The summed E-state index contributed by atoms with van der Waals surface area (Å²) in [5.74, 6) is -2.89. The molecule has 1 fully saturated rings. The SMILES string of the molecule is CCC(=O)Nc1cccc(NC=C2C(=O)OC(C)(C)OC2=O)c1. The summed E-state index contributed by atoms with van der Waals surface area (Å²) >= 11 is 0. The monoisotopic (exact) mass is 318 g/mol. The third-order valence-corrected chi connectivity index (χ3v) is 2.97. The van der Waals surface area contributed by atoms with Gasteiger partial charge in [-0.05, 0) is 18.2 Å². The first-order valence-electron chi connectivity index (χ1n) is 7.14. The van der Waals surface area contributed by atoms with Gasteiger partial charge in [0.15, 0.2) is 5.57 Å². The molecular weight excluding hydrogens is 300 g/mol. The van der Waals surface area contributed by atoms with E-state index in [4.69, 9.17) is 9.47 Å². The van der Waals surface area contributed by atoms with Crippen LogP contribution in [0.5, 0.6) is 0 Å². The molecule has 1 aliphatic rings. The Morgan fingerprint density at radius 1 is 1.17 bits per heavy atom. The van der Waals surface area contributed by atoms with Gasteiger partial charge in [0, 0.05) is 37.8 Å². The molecule has 122 valence electrons. The molecule has 7 heteroatoms. The fraction of sp³-hybridized carbons (Fsp3) is 0.312. The van der Waals surface area contributed by atoms with Gasteiger partial charge in [0.1, 0.15) is 0 Å². The molecule has 0 saturated carbocycles. The zero-order valence-electron chi connectivity index (χ0n) is 13.1. The lowest BCUT2D eigenvalue weighted by molar-refractivity contribution is -0.222. The van der Waals surface area contributed by atoms with Gasteiger partial charge in [-0.3, -0.25) is 4.79 Å². The minimum Gasteiger partial charge on any atom is -0.419 e. The van der Waals surface area contributed by atoms with Crippen LogP contribution in [-0.4, -0.2) is 23.6 Å². The number of esters is 2. The van der Waals surface area contributed by atoms with Crippen LogP contribution in [0.1, 0.15) is 27.2 Å². The van der Waals surface area contributed by atoms with Gasteiger partial charge < -0.3 is 20.1 Å². The number of anilines is 2. The second kappa shape index (κ2) is 6.51. The van der Waals surface area contributed by atoms with Gasteiger partial charge in [0.05, 0.1) is 0 Å². The second-order valence-corrected chi connectivity index (χ2v) is 5.36. The van der Waals surface area contributed by atoms with Crippen LogP contribution in [0.3, 0.4) is 0 Å². The van der Waals surface area contributed by atoms with Crippen molar-refractivity contribution in [3.63, 3.8) is 0 Å². The van der Waals surface area contributed by atoms with Crippen LogP contribution in [0.4, 0.5) is 11.4 Å². The van der Waals surface area contributed by atoms with Crippen molar-refractivity contribution in [2.24, 2.45) is 0 Å². The highest BCUT2D eigenvalue weighted by Crippen LogP contribution is 2.23. The van der Waals surface area contributed by atoms with Gasteiger partial charge in [0.25, 0.3) is 5.79 Å². The quantitative estimate of drug-likeness (QED) is 0.502. The number of carbonyl (C=O) groups is 3. The third kappa shape index (κ3) is 4.32. The number of nitrogens with one attached hydrogen (secondary N) is 2. The highest BCUT2D eigenvalue weighted by atomic mass is 16.7. The van der Waals surface area contributed by atoms with E-state index in [2.05, 4.69) is 10.6 Å². The molecule has 23 heavy (non-hydrogen) atoms. The predicted octanol–water partition coefficient (Wildman–Crippen LogP) is 2.17. The average Bonchev–Trinajstić information content (AvgIpc) is 2.45. The summed E-state index contributed by atoms with van der Waals surface area (Å²) in [6, 6.07) is 6.86. The van der Waals surface area contributed by atoms with E-state index in [0.717, 1.165) is 0 Å². The number of cyclic esters (lactones) is 2. The van der Waals surface area contributed by atoms with Gasteiger partial charge in [-0.15, -0.1) is 0 Å². The van der Waals surface area contributed by atoms with E-state index in [1.807, 2.05) is 0 Å². The minimum absolute atomic E-state index is 0.109. The van der Waals surface area contributed by atoms with Crippen LogP contribution in [0.25, 0.3) is 0 Å². The third-order valence-electron chi connectivity index (χ3n) is 2.97. The van der Waals surface area contributed by atoms with Crippen molar-refractivity contribution in [3.8, 4) is 0 Å². The molecule has 7 nitrogen and oxygen atoms in total. The number of ether oxygens (including phenoxy) is 2. The first kappa shape index (κ1) is 16.5. The Bertz CT molecular complexity index is 657. The van der Waals surface area contributed by atoms with Crippen molar-refractivity contribution in [3.05, 3.63) is 36.0 Å². The Kier molecular flexibility index (Phi) is 4.68. The second-order valence-electron chi connectivity index (χ2n) is 5.36. The molecule has 0 bridgehead atoms. The Balaban J connectivity index is 2.11. The van der Waals surface area contributed by atoms with E-state index < -0.39 is 17.7 Å². The zero-order chi connectivity index (χ0) is 17.0. The van der Waals surface area contributed by atoms with Crippen molar-refractivity contribution < 1.29 is 23.9 Å². The predicted molar refractivity (Wildman–Crippen MR) is 83.3 cm³/mol. The smallest absolute Gasteiger partial charge is 0.350 e. The Morgan fingerprint density at radius 2 is 1.78 bits per heavy atom. The van der Waals surface area contributed by atoms with E-state index in [9.17, 15) is 14.4 Å². The van der Waals surface area contributed by atoms with E-state index in [1.54, 1.807) is 31.2 Å². The molecule has 0 spiro atoms. The summed E-state index contributed by atoms with van der Waals surface area (Å²) in [4.78, 5) is 35.0. The molecule has 1 saturated heterocycles. The summed E-state index contributed by atoms with van der Waals surface area (Å²) in [6.45, 7) is 4.71. The van der Waals surface area contributed by atoms with E-state index in [1.165, 1.54) is 20.0 Å². The zero-order valence-corrected chi connectivity index (χ0v) is 13.1. The highest BCUT2D eigenvalue weighted by Gasteiger charge is 2.38. The molecule has 2 N–H and O–H groups in total. The molecule has 1 heterocycles. The van der Waals surface area contributed by atoms with E-state index in [0.29, 0.717) is 17.8 Å². The molecular formula is C16H18N2O5. The maximum Gasteiger partial charge on any atom is 0.350 e. The first-order valence-corrected chi connectivity index (χ1v) is 7.14. The molecule has 2 rings (SSSR count). The van der Waals surface area contributed by atoms with Crippen LogP contribution in [-0.2, 0) is 23.9 Å². The number of benzene rings is 1. The van der Waals surface area contributed by atoms with Crippen LogP contribution in [0.15, 0.2) is 36.0 Å². The van der Waals surface area contributed by atoms with Gasteiger partial charge in [-0.25, -0.2) is 9.59 Å². The van der Waals surface area contributed by atoms with Gasteiger partial charge >= 0.3 is 11.9 Å². The Hall–Kier alpha value is -2.83. The van der Waals surface area contributed by atoms with Gasteiger partial charge in [-0.1, -0.05) is 13.0 Å². The fourth-order valence-corrected chi connectivity index (χ4v) is 1.87. The first-order chi connectivity index (χ1) is 10.8. The highest BCUT2D eigenvalue weighted by molar-refractivity contribution is 6.15. The van der Waals surface area contributed by atoms with E-state index in [-0.39, 0.29) is 11.5 Å². The number of hydrogen-bond donors (Lipinski definition) is 2. The van der Waals surface area contributed by atoms with Crippen LogP contribution < -0.4 is 10.6 Å². The summed E-state index contributed by atoms with van der Waals surface area (Å²) in [6.07, 6.45) is 1.59. The summed E-state index contributed by atoms with van der Waals surface area (Å²) in [5.41, 5.74) is 0.972. The number of rotatable bonds is 4. The molecule has 1 aliphatic heterocycles. The summed E-state index contributed by atoms with van der Waals surface area (Å²) < 4.78 is 9.98. The number of hydrogen-bond acceptors (Lipinski definition) is 6. The Morgan fingerprint density at radius 3 is 2.39 bits per heavy atom. The fourth-order valence-electron chi connectivity index (χ4n) is 1.87. The molecule has 0 aromatic heterocycles. The topological polar surface area (TPSA) is 93.7 Å². The lowest BCUT2D eigenvalue weighted by Gasteiger charge is -2.29. The Labute approximate surface area is 133 Å². The maximum absolute atomic E-state index is 11.8. The normalized spacial score (nSPS) is 16.2. The van der Waals surface area contributed by atoms with Crippen molar-refractivity contribution in [2.45, 2.75) is 33.0 Å². The van der Waals surface area contributed by atoms with Crippen molar-refractivity contribution >= 4 is 29.2 Å². The molecule has 0 aliphatic carbocycles. The summed E-state index contributed by atoms with van der Waals surface area (Å²) in [5, 5.41) is 5.53. The van der Waals surface area contributed by atoms with Crippen LogP contribution >= 0.6 is 0 Å². The van der Waals surface area contributed by atoms with Crippen molar-refractivity contribution in [2.75, 3.05) is 10.6 Å². The molecule has 0 unspecified atom stereocenters. The number of carbonyl (C=O) groups excluding carboxylic acids is 3. The largest absolute Gasteiger partial charge is 0.419 e. The summed E-state index contributed by atoms with van der Waals surface area (Å²) in [7, 11) is 0. The molecule has 1 aromatic rings. The molecule has 1 amide bonds. The van der Waals surface area contributed by atoms with Gasteiger partial charge in [0.2, 0.25) is 5.91 Å². The lowest BCUT2D eigenvalue weighted by atomic mass is 10.2. The van der Waals surface area contributed by atoms with E-state index >= 15 is 0 Å². The standard InChI is InChI=1S/C16H18N2O5/c1-4-13(19)18-11-7-5-6-10(8-11)17-9-12-14(20)22-16(2,3)23-15(12)21/h5-9,17H,4H2,1-3H3,(H,18,19). The van der Waals surface area contributed by atoms with Crippen molar-refractivity contribution in [1.82, 2.24) is 0 Å². The lowest BCUT2D eigenvalue weighted by Crippen LogP contribution is -2.42. The van der Waals surface area contributed by atoms with Crippen LogP contribution in [0.2, 0.25) is 0 Å². The van der Waals surface area contributed by atoms with Gasteiger partial charge in [-0.2, -0.15) is 0 Å². The molecule has 0 radical (unpaired) electrons. The van der Waals surface area contributed by atoms with Crippen LogP contribution in [0, 0.1) is 0 Å². The maximum atomic E-state index is 11.8.